The molecule has 1 aliphatic rings. The molecule has 5 nitrogen and oxygen atoms in total. The van der Waals surface area contributed by atoms with Gasteiger partial charge in [0.1, 0.15) is 0 Å². The predicted octanol–water partition coefficient (Wildman–Crippen LogP) is 1.31. The zero-order chi connectivity index (χ0) is 15.5. The molecule has 1 saturated carbocycles. The first-order valence-electron chi connectivity index (χ1n) is 7.38. The Morgan fingerprint density at radius 2 is 2.33 bits per heavy atom. The molecule has 1 aromatic rings. The van der Waals surface area contributed by atoms with Gasteiger partial charge in [0.05, 0.1) is 18.1 Å². The Labute approximate surface area is 125 Å². The largest absolute Gasteiger partial charge is 0.387 e. The van der Waals surface area contributed by atoms with Gasteiger partial charge in [0, 0.05) is 37.4 Å². The fourth-order valence-electron chi connectivity index (χ4n) is 2.76. The Bertz CT molecular complexity index is 490. The van der Waals surface area contributed by atoms with Crippen molar-refractivity contribution in [1.82, 2.24) is 10.3 Å². The summed E-state index contributed by atoms with van der Waals surface area (Å²) in [6, 6.07) is 3.66. The maximum absolute atomic E-state index is 11.9. The second-order valence-electron chi connectivity index (χ2n) is 6.22. The molecule has 116 valence electrons. The molecule has 5 heteroatoms. The number of rotatable bonds is 6. The SMILES string of the molecule is CCO[C@@H]1C[C@@](O)(CNC(=O)Cc2cccnc2)C1(C)C. The van der Waals surface area contributed by atoms with E-state index in [9.17, 15) is 9.90 Å². The van der Waals surface area contributed by atoms with Crippen LogP contribution in [0, 0.1) is 5.41 Å². The molecule has 2 rings (SSSR count). The standard InChI is InChI=1S/C16H24N2O3/c1-4-21-13-9-16(20,15(13,2)3)11-18-14(19)8-12-6-5-7-17-10-12/h5-7,10,13,20H,4,8-9,11H2,1-3H3,(H,18,19)/t13-,16-/m1/s1. The van der Waals surface area contributed by atoms with E-state index in [1.807, 2.05) is 26.8 Å². The monoisotopic (exact) mass is 292 g/mol. The highest BCUT2D eigenvalue weighted by atomic mass is 16.5. The van der Waals surface area contributed by atoms with Gasteiger partial charge in [-0.3, -0.25) is 9.78 Å². The van der Waals surface area contributed by atoms with Crippen LogP contribution in [0.3, 0.4) is 0 Å². The van der Waals surface area contributed by atoms with E-state index in [0.29, 0.717) is 13.0 Å². The third-order valence-electron chi connectivity index (χ3n) is 4.56. The summed E-state index contributed by atoms with van der Waals surface area (Å²) in [5.74, 6) is -0.105. The lowest BCUT2D eigenvalue weighted by Crippen LogP contribution is -2.68. The van der Waals surface area contributed by atoms with Crippen molar-refractivity contribution in [3.05, 3.63) is 30.1 Å². The molecule has 1 heterocycles. The maximum Gasteiger partial charge on any atom is 0.224 e. The highest BCUT2D eigenvalue weighted by molar-refractivity contribution is 5.78. The zero-order valence-electron chi connectivity index (χ0n) is 12.9. The number of carbonyl (C=O) groups excluding carboxylic acids is 1. The van der Waals surface area contributed by atoms with E-state index in [4.69, 9.17) is 4.74 Å². The predicted molar refractivity (Wildman–Crippen MR) is 79.7 cm³/mol. The van der Waals surface area contributed by atoms with E-state index in [0.717, 1.165) is 5.56 Å². The van der Waals surface area contributed by atoms with Gasteiger partial charge in [-0.1, -0.05) is 19.9 Å². The lowest BCUT2D eigenvalue weighted by molar-refractivity contribution is -0.238. The van der Waals surface area contributed by atoms with Gasteiger partial charge in [-0.25, -0.2) is 0 Å². The molecule has 0 aliphatic heterocycles. The molecule has 1 fully saturated rings. The topological polar surface area (TPSA) is 71.5 Å². The van der Waals surface area contributed by atoms with Crippen LogP contribution in [0.1, 0.15) is 32.8 Å². The van der Waals surface area contributed by atoms with Crippen LogP contribution in [0.4, 0.5) is 0 Å². The minimum Gasteiger partial charge on any atom is -0.387 e. The van der Waals surface area contributed by atoms with Crippen LogP contribution in [-0.2, 0) is 16.0 Å². The van der Waals surface area contributed by atoms with E-state index in [-0.39, 0.29) is 30.4 Å². The van der Waals surface area contributed by atoms with Gasteiger partial charge >= 0.3 is 0 Å². The highest BCUT2D eigenvalue weighted by Crippen LogP contribution is 2.50. The number of hydrogen-bond acceptors (Lipinski definition) is 4. The number of aromatic nitrogens is 1. The van der Waals surface area contributed by atoms with E-state index in [1.54, 1.807) is 18.5 Å². The fourth-order valence-corrected chi connectivity index (χ4v) is 2.76. The summed E-state index contributed by atoms with van der Waals surface area (Å²) < 4.78 is 5.61. The van der Waals surface area contributed by atoms with Crippen LogP contribution in [-0.4, -0.2) is 40.9 Å². The molecular formula is C16H24N2O3. The van der Waals surface area contributed by atoms with Gasteiger partial charge in [0.25, 0.3) is 0 Å². The molecular weight excluding hydrogens is 268 g/mol. The smallest absolute Gasteiger partial charge is 0.224 e. The van der Waals surface area contributed by atoms with E-state index < -0.39 is 5.60 Å². The summed E-state index contributed by atoms with van der Waals surface area (Å²) in [6.07, 6.45) is 4.23. The molecule has 0 saturated heterocycles. The Balaban J connectivity index is 1.84. The van der Waals surface area contributed by atoms with Crippen LogP contribution in [0.25, 0.3) is 0 Å². The van der Waals surface area contributed by atoms with Crippen LogP contribution >= 0.6 is 0 Å². The van der Waals surface area contributed by atoms with Crippen LogP contribution in [0.5, 0.6) is 0 Å². The summed E-state index contributed by atoms with van der Waals surface area (Å²) in [6.45, 7) is 6.79. The third-order valence-corrected chi connectivity index (χ3v) is 4.56. The molecule has 0 radical (unpaired) electrons. The molecule has 2 atom stereocenters. The van der Waals surface area contributed by atoms with Crippen LogP contribution < -0.4 is 5.32 Å². The fraction of sp³-hybridized carbons (Fsp3) is 0.625. The Morgan fingerprint density at radius 1 is 1.57 bits per heavy atom. The quantitative estimate of drug-likeness (QED) is 0.829. The molecule has 21 heavy (non-hydrogen) atoms. The van der Waals surface area contributed by atoms with Crippen LogP contribution in [0.2, 0.25) is 0 Å². The maximum atomic E-state index is 11.9. The number of pyridine rings is 1. The second-order valence-corrected chi connectivity index (χ2v) is 6.22. The van der Waals surface area contributed by atoms with Gasteiger partial charge in [-0.05, 0) is 18.6 Å². The second kappa shape index (κ2) is 6.12. The van der Waals surface area contributed by atoms with Crippen molar-refractivity contribution in [2.45, 2.75) is 45.3 Å². The summed E-state index contributed by atoms with van der Waals surface area (Å²) in [4.78, 5) is 15.9. The number of aliphatic hydroxyl groups is 1. The molecule has 0 bridgehead atoms. The molecule has 0 spiro atoms. The minimum atomic E-state index is -0.905. The number of carbonyl (C=O) groups is 1. The van der Waals surface area contributed by atoms with Crippen molar-refractivity contribution in [1.29, 1.82) is 0 Å². The lowest BCUT2D eigenvalue weighted by atomic mass is 9.56. The summed E-state index contributed by atoms with van der Waals surface area (Å²) in [5.41, 5.74) is -0.399. The molecule has 0 unspecified atom stereocenters. The van der Waals surface area contributed by atoms with Crippen molar-refractivity contribution >= 4 is 5.91 Å². The average molecular weight is 292 g/mol. The average Bonchev–Trinajstić information content (AvgIpc) is 2.46. The highest BCUT2D eigenvalue weighted by Gasteiger charge is 2.59. The molecule has 0 aromatic carbocycles. The van der Waals surface area contributed by atoms with Gasteiger partial charge in [-0.15, -0.1) is 0 Å². The lowest BCUT2D eigenvalue weighted by Gasteiger charge is -2.57. The van der Waals surface area contributed by atoms with E-state index >= 15 is 0 Å². The number of hydrogen-bond donors (Lipinski definition) is 2. The summed E-state index contributed by atoms with van der Waals surface area (Å²) in [7, 11) is 0. The van der Waals surface area contributed by atoms with Crippen molar-refractivity contribution in [2.75, 3.05) is 13.2 Å². The van der Waals surface area contributed by atoms with Crippen molar-refractivity contribution in [3.8, 4) is 0 Å². The first-order valence-corrected chi connectivity index (χ1v) is 7.38. The molecule has 1 aliphatic carbocycles. The summed E-state index contributed by atoms with van der Waals surface area (Å²) >= 11 is 0. The minimum absolute atomic E-state index is 0.0442. The Kier molecular flexibility index (Phi) is 4.64. The number of amides is 1. The van der Waals surface area contributed by atoms with E-state index in [1.165, 1.54) is 0 Å². The Morgan fingerprint density at radius 3 is 2.90 bits per heavy atom. The van der Waals surface area contributed by atoms with Crippen molar-refractivity contribution < 1.29 is 14.6 Å². The van der Waals surface area contributed by atoms with Gasteiger partial charge in [0.2, 0.25) is 5.91 Å². The van der Waals surface area contributed by atoms with Crippen molar-refractivity contribution in [3.63, 3.8) is 0 Å². The molecule has 2 N–H and O–H groups in total. The zero-order valence-corrected chi connectivity index (χ0v) is 12.9. The number of ether oxygens (including phenoxy) is 1. The Hall–Kier alpha value is -1.46. The van der Waals surface area contributed by atoms with Gasteiger partial charge in [0.15, 0.2) is 0 Å². The van der Waals surface area contributed by atoms with Gasteiger partial charge < -0.3 is 15.2 Å². The first kappa shape index (κ1) is 15.9. The summed E-state index contributed by atoms with van der Waals surface area (Å²) in [5, 5.41) is 13.5. The number of nitrogens with one attached hydrogen (secondary N) is 1. The number of nitrogens with zero attached hydrogens (tertiary/aromatic N) is 1. The molecule has 1 aromatic heterocycles. The van der Waals surface area contributed by atoms with Crippen LogP contribution in [0.15, 0.2) is 24.5 Å². The molecule has 1 amide bonds. The van der Waals surface area contributed by atoms with E-state index in [2.05, 4.69) is 10.3 Å². The normalized spacial score (nSPS) is 27.0. The van der Waals surface area contributed by atoms with Crippen molar-refractivity contribution in [2.24, 2.45) is 5.41 Å². The van der Waals surface area contributed by atoms with Gasteiger partial charge in [-0.2, -0.15) is 0 Å². The third kappa shape index (κ3) is 3.24. The first-order chi connectivity index (χ1) is 9.89.